The van der Waals surface area contributed by atoms with E-state index in [1.54, 1.807) is 18.5 Å². The van der Waals surface area contributed by atoms with Gasteiger partial charge in [-0.1, -0.05) is 0 Å². The van der Waals surface area contributed by atoms with Crippen LogP contribution < -0.4 is 5.32 Å². The molecule has 1 unspecified atom stereocenters. The number of amides is 2. The lowest BCUT2D eigenvalue weighted by Crippen LogP contribution is -2.41. The summed E-state index contributed by atoms with van der Waals surface area (Å²) in [6.07, 6.45) is 9.59. The molecular weight excluding hydrogens is 392 g/mol. The Labute approximate surface area is 183 Å². The van der Waals surface area contributed by atoms with Gasteiger partial charge in [0.2, 0.25) is 5.91 Å². The Bertz CT molecular complexity index is 922. The number of fused-ring (bicyclic) bond motifs is 1. The summed E-state index contributed by atoms with van der Waals surface area (Å²) in [5.74, 6) is 1.58. The highest BCUT2D eigenvalue weighted by atomic mass is 16.3. The van der Waals surface area contributed by atoms with Crippen molar-refractivity contribution < 1.29 is 14.0 Å². The topological polar surface area (TPSA) is 78.7 Å². The van der Waals surface area contributed by atoms with Crippen molar-refractivity contribution in [1.82, 2.24) is 20.1 Å². The zero-order valence-electron chi connectivity index (χ0n) is 18.3. The first-order chi connectivity index (χ1) is 15.0. The van der Waals surface area contributed by atoms with Crippen LogP contribution in [0.5, 0.6) is 0 Å². The summed E-state index contributed by atoms with van der Waals surface area (Å²) in [7, 11) is 2.16. The number of rotatable bonds is 5. The fourth-order valence-corrected chi connectivity index (χ4v) is 5.48. The molecule has 3 fully saturated rings. The molecule has 1 saturated carbocycles. The average Bonchev–Trinajstić information content (AvgIpc) is 3.25. The van der Waals surface area contributed by atoms with E-state index in [1.807, 2.05) is 6.07 Å². The lowest BCUT2D eigenvalue weighted by Gasteiger charge is -2.35. The summed E-state index contributed by atoms with van der Waals surface area (Å²) in [5, 5.41) is 3.94. The van der Waals surface area contributed by atoms with Crippen LogP contribution in [-0.4, -0.2) is 66.4 Å². The molecule has 4 heterocycles. The number of hydrogen-bond acceptors (Lipinski definition) is 5. The Balaban J connectivity index is 1.06. The van der Waals surface area contributed by atoms with Gasteiger partial charge in [-0.15, -0.1) is 0 Å². The predicted molar refractivity (Wildman–Crippen MR) is 118 cm³/mol. The molecule has 0 radical (unpaired) electrons. The highest BCUT2D eigenvalue weighted by Gasteiger charge is 2.54. The first kappa shape index (κ1) is 20.5. The van der Waals surface area contributed by atoms with E-state index < -0.39 is 0 Å². The minimum atomic E-state index is -0.163. The maximum absolute atomic E-state index is 12.7. The molecule has 31 heavy (non-hydrogen) atoms. The van der Waals surface area contributed by atoms with Crippen molar-refractivity contribution in [3.05, 3.63) is 30.3 Å². The van der Waals surface area contributed by atoms with Gasteiger partial charge in [-0.2, -0.15) is 0 Å². The van der Waals surface area contributed by atoms with Crippen LogP contribution in [0.15, 0.2) is 28.9 Å². The smallest absolute Gasteiger partial charge is 0.287 e. The van der Waals surface area contributed by atoms with Crippen LogP contribution in [0.3, 0.4) is 0 Å². The SMILES string of the molecule is CN1CCC(CC(=O)N2CCC3(CC2)CC3CNC(=O)c2cc3ccncc3o2)CC1. The van der Waals surface area contributed by atoms with Gasteiger partial charge in [-0.25, -0.2) is 0 Å². The number of carbonyl (C=O) groups is 2. The molecule has 2 aromatic heterocycles. The van der Waals surface area contributed by atoms with Gasteiger partial charge in [0, 0.05) is 37.6 Å². The van der Waals surface area contributed by atoms with Crippen molar-refractivity contribution in [2.45, 2.75) is 38.5 Å². The maximum Gasteiger partial charge on any atom is 0.287 e. The van der Waals surface area contributed by atoms with E-state index in [9.17, 15) is 9.59 Å². The highest BCUT2D eigenvalue weighted by Crippen LogP contribution is 2.59. The van der Waals surface area contributed by atoms with Crippen molar-refractivity contribution in [1.29, 1.82) is 0 Å². The standard InChI is InChI=1S/C24H32N4O3/c1-27-8-3-17(4-9-27)12-22(29)28-10-5-24(6-11-28)14-19(24)15-26-23(30)20-13-18-2-7-25-16-21(18)31-20/h2,7,13,16-17,19H,3-6,8-12,14-15H2,1H3,(H,26,30). The number of furan rings is 1. The first-order valence-corrected chi connectivity index (χ1v) is 11.6. The molecule has 1 spiro atoms. The van der Waals surface area contributed by atoms with E-state index in [4.69, 9.17) is 4.42 Å². The Kier molecular flexibility index (Phi) is 5.46. The Morgan fingerprint density at radius 1 is 1.23 bits per heavy atom. The minimum absolute atomic E-state index is 0.163. The van der Waals surface area contributed by atoms with E-state index >= 15 is 0 Å². The van der Waals surface area contributed by atoms with Crippen molar-refractivity contribution in [2.24, 2.45) is 17.3 Å². The number of nitrogens with one attached hydrogen (secondary N) is 1. The highest BCUT2D eigenvalue weighted by molar-refractivity contribution is 5.95. The van der Waals surface area contributed by atoms with Crippen LogP contribution in [0.1, 0.15) is 49.1 Å². The molecule has 166 valence electrons. The van der Waals surface area contributed by atoms with Crippen molar-refractivity contribution in [3.8, 4) is 0 Å². The van der Waals surface area contributed by atoms with Crippen molar-refractivity contribution in [2.75, 3.05) is 39.8 Å². The molecule has 2 aromatic rings. The second kappa shape index (κ2) is 8.26. The lowest BCUT2D eigenvalue weighted by atomic mass is 9.89. The van der Waals surface area contributed by atoms with Gasteiger partial charge >= 0.3 is 0 Å². The number of nitrogens with zero attached hydrogens (tertiary/aromatic N) is 3. The third kappa shape index (κ3) is 4.33. The van der Waals surface area contributed by atoms with Gasteiger partial charge in [-0.3, -0.25) is 14.6 Å². The number of hydrogen-bond donors (Lipinski definition) is 1. The van der Waals surface area contributed by atoms with Crippen LogP contribution in [0.2, 0.25) is 0 Å². The van der Waals surface area contributed by atoms with Gasteiger partial charge in [0.25, 0.3) is 5.91 Å². The normalized spacial score (nSPS) is 23.9. The molecule has 2 saturated heterocycles. The van der Waals surface area contributed by atoms with Crippen LogP contribution in [-0.2, 0) is 4.79 Å². The fourth-order valence-electron chi connectivity index (χ4n) is 5.48. The molecule has 2 amide bonds. The summed E-state index contributed by atoms with van der Waals surface area (Å²) in [6, 6.07) is 3.61. The van der Waals surface area contributed by atoms with Crippen molar-refractivity contribution >= 4 is 22.8 Å². The Morgan fingerprint density at radius 2 is 2.00 bits per heavy atom. The largest absolute Gasteiger partial charge is 0.449 e. The molecular formula is C24H32N4O3. The van der Waals surface area contributed by atoms with Gasteiger partial charge in [-0.05, 0) is 81.6 Å². The lowest BCUT2D eigenvalue weighted by molar-refractivity contribution is -0.134. The molecule has 3 aliphatic rings. The zero-order valence-corrected chi connectivity index (χ0v) is 18.3. The second-order valence-electron chi connectivity index (χ2n) is 9.83. The molecule has 7 heteroatoms. The monoisotopic (exact) mass is 424 g/mol. The molecule has 1 N–H and O–H groups in total. The van der Waals surface area contributed by atoms with E-state index in [0.29, 0.717) is 47.5 Å². The number of aromatic nitrogens is 1. The Morgan fingerprint density at radius 3 is 2.74 bits per heavy atom. The van der Waals surface area contributed by atoms with Gasteiger partial charge in [0.05, 0.1) is 6.20 Å². The quantitative estimate of drug-likeness (QED) is 0.799. The molecule has 1 atom stereocenters. The maximum atomic E-state index is 12.7. The summed E-state index contributed by atoms with van der Waals surface area (Å²) in [6.45, 7) is 4.63. The van der Waals surface area contributed by atoms with E-state index in [2.05, 4.69) is 27.1 Å². The summed E-state index contributed by atoms with van der Waals surface area (Å²) < 4.78 is 5.61. The average molecular weight is 425 g/mol. The molecule has 2 aliphatic heterocycles. The number of pyridine rings is 1. The van der Waals surface area contributed by atoms with Gasteiger partial charge < -0.3 is 19.5 Å². The molecule has 7 nitrogen and oxygen atoms in total. The first-order valence-electron chi connectivity index (χ1n) is 11.6. The van der Waals surface area contributed by atoms with E-state index in [0.717, 1.165) is 63.7 Å². The van der Waals surface area contributed by atoms with Crippen LogP contribution in [0.4, 0.5) is 0 Å². The fraction of sp³-hybridized carbons (Fsp3) is 0.625. The van der Waals surface area contributed by atoms with E-state index in [1.165, 1.54) is 0 Å². The van der Waals surface area contributed by atoms with Crippen LogP contribution in [0, 0.1) is 17.3 Å². The van der Waals surface area contributed by atoms with E-state index in [-0.39, 0.29) is 5.91 Å². The number of carbonyl (C=O) groups excluding carboxylic acids is 2. The third-order valence-electron chi connectivity index (χ3n) is 7.83. The number of piperidine rings is 2. The number of likely N-dealkylation sites (tertiary alicyclic amines) is 2. The third-order valence-corrected chi connectivity index (χ3v) is 7.83. The van der Waals surface area contributed by atoms with Gasteiger partial charge in [0.15, 0.2) is 11.3 Å². The summed E-state index contributed by atoms with van der Waals surface area (Å²) in [5.41, 5.74) is 0.947. The minimum Gasteiger partial charge on any atom is -0.449 e. The summed E-state index contributed by atoms with van der Waals surface area (Å²) >= 11 is 0. The van der Waals surface area contributed by atoms with Crippen LogP contribution in [0.25, 0.3) is 11.0 Å². The van der Waals surface area contributed by atoms with Crippen LogP contribution >= 0.6 is 0 Å². The van der Waals surface area contributed by atoms with Gasteiger partial charge in [0.1, 0.15) is 0 Å². The predicted octanol–water partition coefficient (Wildman–Crippen LogP) is 2.92. The molecule has 1 aliphatic carbocycles. The summed E-state index contributed by atoms with van der Waals surface area (Å²) in [4.78, 5) is 33.7. The molecule has 0 aromatic carbocycles. The zero-order chi connectivity index (χ0) is 21.4. The second-order valence-corrected chi connectivity index (χ2v) is 9.83. The Hall–Kier alpha value is -2.41. The molecule has 5 rings (SSSR count). The van der Waals surface area contributed by atoms with Crippen molar-refractivity contribution in [3.63, 3.8) is 0 Å². The molecule has 0 bridgehead atoms.